The topological polar surface area (TPSA) is 26.3 Å². The van der Waals surface area contributed by atoms with Gasteiger partial charge in [-0.25, -0.2) is 0 Å². The molecule has 0 unspecified atom stereocenters. The van der Waals surface area contributed by atoms with Crippen LogP contribution in [0.4, 0.5) is 0 Å². The summed E-state index contributed by atoms with van der Waals surface area (Å²) in [6.45, 7) is 3.89. The molecule has 0 aliphatic rings. The van der Waals surface area contributed by atoms with Crippen LogP contribution in [0.15, 0.2) is 42.5 Å². The molecular weight excluding hydrogens is 212 g/mol. The standard InChI is InChI=1S/C15H14O2/c1-11-8-13(10-16)9-12(2)15(11)17-14-6-4-3-5-7-14/h3-10H,1-2H3. The fraction of sp³-hybridized carbons (Fsp3) is 0.133. The highest BCUT2D eigenvalue weighted by molar-refractivity contribution is 5.76. The first-order valence-corrected chi connectivity index (χ1v) is 5.50. The molecular formula is C15H14O2. The minimum absolute atomic E-state index is 0.681. The highest BCUT2D eigenvalue weighted by atomic mass is 16.5. The number of carbonyl (C=O) groups excluding carboxylic acids is 1. The Morgan fingerprint density at radius 2 is 1.59 bits per heavy atom. The van der Waals surface area contributed by atoms with E-state index in [0.717, 1.165) is 28.9 Å². The first kappa shape index (κ1) is 11.4. The van der Waals surface area contributed by atoms with Crippen LogP contribution >= 0.6 is 0 Å². The quantitative estimate of drug-likeness (QED) is 0.742. The van der Waals surface area contributed by atoms with Gasteiger partial charge in [0.1, 0.15) is 17.8 Å². The molecule has 0 N–H and O–H groups in total. The van der Waals surface area contributed by atoms with E-state index in [4.69, 9.17) is 4.74 Å². The number of ether oxygens (including phenoxy) is 1. The molecule has 2 aromatic carbocycles. The van der Waals surface area contributed by atoms with Gasteiger partial charge in [-0.1, -0.05) is 18.2 Å². The maximum atomic E-state index is 10.7. The molecule has 0 aliphatic carbocycles. The summed E-state index contributed by atoms with van der Waals surface area (Å²) in [6.07, 6.45) is 0.853. The average Bonchev–Trinajstić information content (AvgIpc) is 2.35. The molecule has 0 spiro atoms. The van der Waals surface area contributed by atoms with Crippen LogP contribution in [0.2, 0.25) is 0 Å². The number of aryl methyl sites for hydroxylation is 2. The van der Waals surface area contributed by atoms with Crippen LogP contribution in [0.3, 0.4) is 0 Å². The van der Waals surface area contributed by atoms with Gasteiger partial charge in [0.2, 0.25) is 0 Å². The highest BCUT2D eigenvalue weighted by Crippen LogP contribution is 2.29. The number of benzene rings is 2. The molecule has 0 atom stereocenters. The van der Waals surface area contributed by atoms with Crippen molar-refractivity contribution in [3.63, 3.8) is 0 Å². The molecule has 2 rings (SSSR count). The number of rotatable bonds is 3. The summed E-state index contributed by atoms with van der Waals surface area (Å²) in [6, 6.07) is 13.3. The largest absolute Gasteiger partial charge is 0.457 e. The van der Waals surface area contributed by atoms with E-state index in [1.165, 1.54) is 0 Å². The number of para-hydroxylation sites is 1. The molecule has 86 valence electrons. The van der Waals surface area contributed by atoms with E-state index in [1.807, 2.05) is 56.3 Å². The smallest absolute Gasteiger partial charge is 0.150 e. The van der Waals surface area contributed by atoms with Gasteiger partial charge in [0.15, 0.2) is 0 Å². The summed E-state index contributed by atoms with van der Waals surface area (Å²) in [5, 5.41) is 0. The second-order valence-corrected chi connectivity index (χ2v) is 4.02. The normalized spacial score (nSPS) is 10.0. The lowest BCUT2D eigenvalue weighted by Gasteiger charge is -2.12. The van der Waals surface area contributed by atoms with Crippen molar-refractivity contribution in [3.8, 4) is 11.5 Å². The second kappa shape index (κ2) is 4.83. The third-order valence-electron chi connectivity index (χ3n) is 2.58. The van der Waals surface area contributed by atoms with Crippen molar-refractivity contribution in [2.45, 2.75) is 13.8 Å². The van der Waals surface area contributed by atoms with Crippen molar-refractivity contribution in [1.29, 1.82) is 0 Å². The average molecular weight is 226 g/mol. The van der Waals surface area contributed by atoms with Crippen LogP contribution in [0.1, 0.15) is 21.5 Å². The number of hydrogen-bond acceptors (Lipinski definition) is 2. The second-order valence-electron chi connectivity index (χ2n) is 4.02. The molecule has 17 heavy (non-hydrogen) atoms. The third-order valence-corrected chi connectivity index (χ3v) is 2.58. The van der Waals surface area contributed by atoms with Crippen molar-refractivity contribution in [2.75, 3.05) is 0 Å². The van der Waals surface area contributed by atoms with Crippen molar-refractivity contribution < 1.29 is 9.53 Å². The van der Waals surface area contributed by atoms with E-state index in [0.29, 0.717) is 5.56 Å². The third kappa shape index (κ3) is 2.53. The first-order chi connectivity index (χ1) is 8.20. The Labute approximate surface area is 101 Å². The Kier molecular flexibility index (Phi) is 3.24. The Bertz CT molecular complexity index is 507. The lowest BCUT2D eigenvalue weighted by atomic mass is 10.1. The van der Waals surface area contributed by atoms with Crippen molar-refractivity contribution in [2.24, 2.45) is 0 Å². The molecule has 2 aromatic rings. The lowest BCUT2D eigenvalue weighted by molar-refractivity contribution is 0.112. The lowest BCUT2D eigenvalue weighted by Crippen LogP contribution is -1.93. The zero-order valence-corrected chi connectivity index (χ0v) is 9.94. The molecule has 0 aliphatic heterocycles. The predicted molar refractivity (Wildman–Crippen MR) is 67.8 cm³/mol. The molecule has 0 saturated heterocycles. The molecule has 0 amide bonds. The van der Waals surface area contributed by atoms with Gasteiger partial charge in [-0.15, -0.1) is 0 Å². The Morgan fingerprint density at radius 3 is 2.12 bits per heavy atom. The van der Waals surface area contributed by atoms with Crippen molar-refractivity contribution in [1.82, 2.24) is 0 Å². The summed E-state index contributed by atoms with van der Waals surface area (Å²) in [7, 11) is 0. The fourth-order valence-corrected chi connectivity index (χ4v) is 1.82. The summed E-state index contributed by atoms with van der Waals surface area (Å²) in [5.74, 6) is 1.62. The van der Waals surface area contributed by atoms with Gasteiger partial charge < -0.3 is 4.74 Å². The summed E-state index contributed by atoms with van der Waals surface area (Å²) in [5.41, 5.74) is 2.62. The minimum atomic E-state index is 0.681. The SMILES string of the molecule is Cc1cc(C=O)cc(C)c1Oc1ccccc1. The van der Waals surface area contributed by atoms with Crippen LogP contribution in [0.25, 0.3) is 0 Å². The molecule has 2 heteroatoms. The van der Waals surface area contributed by atoms with Crippen molar-refractivity contribution in [3.05, 3.63) is 59.2 Å². The van der Waals surface area contributed by atoms with E-state index in [1.54, 1.807) is 0 Å². The molecule has 2 nitrogen and oxygen atoms in total. The molecule has 0 heterocycles. The van der Waals surface area contributed by atoms with E-state index >= 15 is 0 Å². The van der Waals surface area contributed by atoms with E-state index < -0.39 is 0 Å². The Hall–Kier alpha value is -2.09. The minimum Gasteiger partial charge on any atom is -0.457 e. The van der Waals surface area contributed by atoms with Gasteiger partial charge >= 0.3 is 0 Å². The first-order valence-electron chi connectivity index (χ1n) is 5.50. The van der Waals surface area contributed by atoms with Crippen LogP contribution in [0, 0.1) is 13.8 Å². The van der Waals surface area contributed by atoms with Gasteiger partial charge in [0, 0.05) is 5.56 Å². The Balaban J connectivity index is 2.37. The summed E-state index contributed by atoms with van der Waals surface area (Å²) < 4.78 is 5.82. The van der Waals surface area contributed by atoms with Gasteiger partial charge in [-0.2, -0.15) is 0 Å². The van der Waals surface area contributed by atoms with Gasteiger partial charge in [0.05, 0.1) is 0 Å². The fourth-order valence-electron chi connectivity index (χ4n) is 1.82. The molecule has 0 aromatic heterocycles. The Morgan fingerprint density at radius 1 is 1.00 bits per heavy atom. The zero-order chi connectivity index (χ0) is 12.3. The predicted octanol–water partition coefficient (Wildman–Crippen LogP) is 3.91. The maximum absolute atomic E-state index is 10.7. The molecule has 0 radical (unpaired) electrons. The van der Waals surface area contributed by atoms with Crippen LogP contribution in [-0.2, 0) is 0 Å². The van der Waals surface area contributed by atoms with Gasteiger partial charge in [-0.05, 0) is 49.2 Å². The molecule has 0 fully saturated rings. The van der Waals surface area contributed by atoms with E-state index in [9.17, 15) is 4.79 Å². The van der Waals surface area contributed by atoms with Gasteiger partial charge in [0.25, 0.3) is 0 Å². The van der Waals surface area contributed by atoms with Gasteiger partial charge in [-0.3, -0.25) is 4.79 Å². The summed E-state index contributed by atoms with van der Waals surface area (Å²) >= 11 is 0. The number of aldehydes is 1. The van der Waals surface area contributed by atoms with Crippen LogP contribution < -0.4 is 4.74 Å². The highest BCUT2D eigenvalue weighted by Gasteiger charge is 2.07. The summed E-state index contributed by atoms with van der Waals surface area (Å²) in [4.78, 5) is 10.7. The van der Waals surface area contributed by atoms with Crippen molar-refractivity contribution >= 4 is 6.29 Å². The van der Waals surface area contributed by atoms with Crippen LogP contribution in [-0.4, -0.2) is 6.29 Å². The van der Waals surface area contributed by atoms with Crippen LogP contribution in [0.5, 0.6) is 11.5 Å². The number of carbonyl (C=O) groups is 1. The van der Waals surface area contributed by atoms with E-state index in [2.05, 4.69) is 0 Å². The number of hydrogen-bond donors (Lipinski definition) is 0. The zero-order valence-electron chi connectivity index (χ0n) is 9.94. The maximum Gasteiger partial charge on any atom is 0.150 e. The van der Waals surface area contributed by atoms with E-state index in [-0.39, 0.29) is 0 Å². The molecule has 0 bridgehead atoms. The monoisotopic (exact) mass is 226 g/mol. The molecule has 0 saturated carbocycles.